The van der Waals surface area contributed by atoms with Crippen LogP contribution in [0.5, 0.6) is 5.75 Å². The second kappa shape index (κ2) is 8.11. The van der Waals surface area contributed by atoms with Crippen molar-refractivity contribution in [1.82, 2.24) is 4.98 Å². The van der Waals surface area contributed by atoms with Crippen LogP contribution in [0.25, 0.3) is 0 Å². The summed E-state index contributed by atoms with van der Waals surface area (Å²) >= 11 is 0. The summed E-state index contributed by atoms with van der Waals surface area (Å²) in [4.78, 5) is 14.6. The number of hydrogen-bond acceptors (Lipinski definition) is 5. The Labute approximate surface area is 150 Å². The van der Waals surface area contributed by atoms with Crippen LogP contribution in [-0.2, 0) is 17.8 Å². The van der Waals surface area contributed by atoms with E-state index in [9.17, 15) is 4.79 Å². The van der Waals surface area contributed by atoms with Crippen molar-refractivity contribution < 1.29 is 19.1 Å². The lowest BCUT2D eigenvalue weighted by Gasteiger charge is -2.08. The number of nitrogens with one attached hydrogen (secondary N) is 1. The van der Waals surface area contributed by atoms with Crippen LogP contribution in [0.4, 0.5) is 0 Å². The maximum Gasteiger partial charge on any atom is 0.303 e. The molecule has 3 rings (SSSR count). The molecular formula is C20H18N2O4. The first-order chi connectivity index (χ1) is 12.6. The van der Waals surface area contributed by atoms with Crippen LogP contribution in [0.1, 0.15) is 29.0 Å². The lowest BCUT2D eigenvalue weighted by Crippen LogP contribution is -2.03. The molecular weight excluding hydrogens is 332 g/mol. The molecule has 0 fully saturated rings. The molecule has 1 aromatic heterocycles. The van der Waals surface area contributed by atoms with Gasteiger partial charge in [-0.2, -0.15) is 0 Å². The highest BCUT2D eigenvalue weighted by Gasteiger charge is 2.10. The first-order valence-electron chi connectivity index (χ1n) is 8.13. The minimum absolute atomic E-state index is 0.115. The molecule has 0 saturated heterocycles. The van der Waals surface area contributed by atoms with Crippen molar-refractivity contribution in [1.29, 1.82) is 5.41 Å². The molecule has 0 atom stereocenters. The van der Waals surface area contributed by atoms with Crippen molar-refractivity contribution in [2.75, 3.05) is 0 Å². The SMILES string of the molecule is N=C(c1cccc(COc2ccc(CCC(=O)O)cc2)c1)c1ncco1. The quantitative estimate of drug-likeness (QED) is 0.604. The topological polar surface area (TPSA) is 96.4 Å². The Hall–Kier alpha value is -3.41. The lowest BCUT2D eigenvalue weighted by atomic mass is 10.1. The van der Waals surface area contributed by atoms with E-state index in [0.717, 1.165) is 11.1 Å². The van der Waals surface area contributed by atoms with Crippen molar-refractivity contribution in [2.24, 2.45) is 0 Å². The van der Waals surface area contributed by atoms with E-state index >= 15 is 0 Å². The molecule has 132 valence electrons. The van der Waals surface area contributed by atoms with Gasteiger partial charge >= 0.3 is 5.97 Å². The third kappa shape index (κ3) is 4.57. The normalized spacial score (nSPS) is 10.5. The van der Waals surface area contributed by atoms with Crippen LogP contribution in [0.3, 0.4) is 0 Å². The number of nitrogens with zero attached hydrogens (tertiary/aromatic N) is 1. The summed E-state index contributed by atoms with van der Waals surface area (Å²) in [6.45, 7) is 0.362. The van der Waals surface area contributed by atoms with Gasteiger partial charge in [-0.15, -0.1) is 0 Å². The van der Waals surface area contributed by atoms with Crippen LogP contribution in [0.15, 0.2) is 65.4 Å². The number of aromatic nitrogens is 1. The number of rotatable bonds is 8. The number of oxazole rings is 1. The molecule has 3 aromatic rings. The van der Waals surface area contributed by atoms with Gasteiger partial charge in [-0.25, -0.2) is 4.98 Å². The van der Waals surface area contributed by atoms with Crippen LogP contribution in [0, 0.1) is 5.41 Å². The molecule has 0 radical (unpaired) electrons. The minimum atomic E-state index is -0.805. The standard InChI is InChI=1S/C20H18N2O4/c21-19(20-22-10-11-25-20)16-3-1-2-15(12-16)13-26-17-7-4-14(5-8-17)6-9-18(23)24/h1-5,7-8,10-12,21H,6,9,13H2,(H,23,24). The summed E-state index contributed by atoms with van der Waals surface area (Å²) < 4.78 is 10.9. The zero-order chi connectivity index (χ0) is 18.4. The molecule has 2 N–H and O–H groups in total. The van der Waals surface area contributed by atoms with Gasteiger partial charge in [0, 0.05) is 12.0 Å². The van der Waals surface area contributed by atoms with Crippen molar-refractivity contribution in [3.63, 3.8) is 0 Å². The summed E-state index contributed by atoms with van der Waals surface area (Å²) in [5.41, 5.74) is 2.81. The number of ether oxygens (including phenoxy) is 1. The molecule has 0 aliphatic rings. The van der Waals surface area contributed by atoms with Gasteiger partial charge in [0.25, 0.3) is 0 Å². The highest BCUT2D eigenvalue weighted by atomic mass is 16.5. The number of benzene rings is 2. The first kappa shape index (κ1) is 17.4. The molecule has 6 heteroatoms. The Morgan fingerprint density at radius 2 is 1.96 bits per heavy atom. The van der Waals surface area contributed by atoms with Gasteiger partial charge in [0.2, 0.25) is 5.89 Å². The summed E-state index contributed by atoms with van der Waals surface area (Å²) in [5, 5.41) is 16.8. The van der Waals surface area contributed by atoms with Crippen molar-refractivity contribution >= 4 is 11.7 Å². The number of hydrogen-bond donors (Lipinski definition) is 2. The van der Waals surface area contributed by atoms with Crippen molar-refractivity contribution in [3.05, 3.63) is 83.6 Å². The Morgan fingerprint density at radius 3 is 2.65 bits per heavy atom. The Bertz CT molecular complexity index is 886. The molecule has 26 heavy (non-hydrogen) atoms. The fourth-order valence-corrected chi connectivity index (χ4v) is 2.46. The fraction of sp³-hybridized carbons (Fsp3) is 0.150. The minimum Gasteiger partial charge on any atom is -0.489 e. The van der Waals surface area contributed by atoms with Crippen molar-refractivity contribution in [3.8, 4) is 5.75 Å². The smallest absolute Gasteiger partial charge is 0.303 e. The van der Waals surface area contributed by atoms with Gasteiger partial charge in [0.1, 0.15) is 24.3 Å². The fourth-order valence-electron chi connectivity index (χ4n) is 2.46. The molecule has 6 nitrogen and oxygen atoms in total. The summed E-state index contributed by atoms with van der Waals surface area (Å²) in [6.07, 6.45) is 3.57. The summed E-state index contributed by atoms with van der Waals surface area (Å²) in [6, 6.07) is 14.9. The Morgan fingerprint density at radius 1 is 1.15 bits per heavy atom. The first-order valence-corrected chi connectivity index (χ1v) is 8.13. The van der Waals surface area contributed by atoms with E-state index in [2.05, 4.69) is 4.98 Å². The van der Waals surface area contributed by atoms with Crippen LogP contribution >= 0.6 is 0 Å². The molecule has 0 unspecified atom stereocenters. The molecule has 2 aromatic carbocycles. The third-order valence-corrected chi connectivity index (χ3v) is 3.82. The maximum absolute atomic E-state index is 10.6. The molecule has 0 amide bonds. The van der Waals surface area contributed by atoms with Gasteiger partial charge in [0.15, 0.2) is 0 Å². The average molecular weight is 350 g/mol. The number of carboxylic acid groups (broad SMARTS) is 1. The van der Waals surface area contributed by atoms with E-state index in [1.807, 2.05) is 48.5 Å². The average Bonchev–Trinajstić information content (AvgIpc) is 3.20. The largest absolute Gasteiger partial charge is 0.489 e. The predicted octanol–water partition coefficient (Wildman–Crippen LogP) is 3.69. The second-order valence-electron chi connectivity index (χ2n) is 5.74. The summed E-state index contributed by atoms with van der Waals surface area (Å²) in [7, 11) is 0. The highest BCUT2D eigenvalue weighted by molar-refractivity contribution is 6.07. The van der Waals surface area contributed by atoms with Gasteiger partial charge in [-0.3, -0.25) is 10.2 Å². The number of carboxylic acids is 1. The number of aliphatic carboxylic acids is 1. The van der Waals surface area contributed by atoms with E-state index < -0.39 is 5.97 Å². The molecule has 0 bridgehead atoms. The third-order valence-electron chi connectivity index (χ3n) is 3.82. The zero-order valence-corrected chi connectivity index (χ0v) is 14.0. The predicted molar refractivity (Wildman–Crippen MR) is 95.6 cm³/mol. The van der Waals surface area contributed by atoms with Gasteiger partial charge < -0.3 is 14.3 Å². The van der Waals surface area contributed by atoms with Crippen LogP contribution in [-0.4, -0.2) is 21.8 Å². The van der Waals surface area contributed by atoms with Crippen LogP contribution in [0.2, 0.25) is 0 Å². The highest BCUT2D eigenvalue weighted by Crippen LogP contribution is 2.16. The zero-order valence-electron chi connectivity index (χ0n) is 14.0. The molecule has 0 aliphatic heterocycles. The number of aryl methyl sites for hydroxylation is 1. The van der Waals surface area contributed by atoms with E-state index in [-0.39, 0.29) is 18.0 Å². The molecule has 1 heterocycles. The van der Waals surface area contributed by atoms with E-state index in [4.69, 9.17) is 19.7 Å². The van der Waals surface area contributed by atoms with E-state index in [1.165, 1.54) is 12.5 Å². The molecule has 0 spiro atoms. The Balaban J connectivity index is 1.60. The van der Waals surface area contributed by atoms with E-state index in [0.29, 0.717) is 24.3 Å². The molecule has 0 aliphatic carbocycles. The van der Waals surface area contributed by atoms with Gasteiger partial charge in [-0.1, -0.05) is 30.3 Å². The van der Waals surface area contributed by atoms with Gasteiger partial charge in [-0.05, 0) is 35.7 Å². The maximum atomic E-state index is 10.6. The van der Waals surface area contributed by atoms with Crippen molar-refractivity contribution in [2.45, 2.75) is 19.4 Å². The van der Waals surface area contributed by atoms with E-state index in [1.54, 1.807) is 0 Å². The summed E-state index contributed by atoms with van der Waals surface area (Å²) in [5.74, 6) is 0.179. The number of carbonyl (C=O) groups is 1. The Kier molecular flexibility index (Phi) is 5.43. The lowest BCUT2D eigenvalue weighted by molar-refractivity contribution is -0.136. The monoisotopic (exact) mass is 350 g/mol. The van der Waals surface area contributed by atoms with Crippen LogP contribution < -0.4 is 4.74 Å². The molecule has 0 saturated carbocycles. The van der Waals surface area contributed by atoms with Gasteiger partial charge in [0.05, 0.1) is 6.20 Å². The second-order valence-corrected chi connectivity index (χ2v) is 5.74.